The quantitative estimate of drug-likeness (QED) is 0.850. The van der Waals surface area contributed by atoms with Gasteiger partial charge in [0.1, 0.15) is 0 Å². The van der Waals surface area contributed by atoms with E-state index in [-0.39, 0.29) is 0 Å². The molecule has 2 aromatic rings. The molecule has 0 radical (unpaired) electrons. The van der Waals surface area contributed by atoms with Gasteiger partial charge in [-0.3, -0.25) is 0 Å². The van der Waals surface area contributed by atoms with Crippen LogP contribution in [0.3, 0.4) is 0 Å². The summed E-state index contributed by atoms with van der Waals surface area (Å²) in [6, 6.07) is 7.35. The fraction of sp³-hybridized carbons (Fsp3) is 0.286. The monoisotopic (exact) mass is 300 g/mol. The van der Waals surface area contributed by atoms with Gasteiger partial charge >= 0.3 is 0 Å². The maximum absolute atomic E-state index is 10.3. The van der Waals surface area contributed by atoms with Crippen LogP contribution in [0.5, 0.6) is 0 Å². The molecule has 0 bridgehead atoms. The van der Waals surface area contributed by atoms with Crippen LogP contribution in [0.15, 0.2) is 24.3 Å². The average molecular weight is 301 g/mol. The summed E-state index contributed by atoms with van der Waals surface area (Å²) in [5, 5.41) is 11.6. The van der Waals surface area contributed by atoms with Crippen molar-refractivity contribution in [3.63, 3.8) is 0 Å². The molecule has 0 aliphatic rings. The van der Waals surface area contributed by atoms with Crippen LogP contribution in [0, 0.1) is 13.8 Å². The normalized spacial score (nSPS) is 12.7. The first-order valence-corrected chi connectivity index (χ1v) is 7.23. The van der Waals surface area contributed by atoms with Gasteiger partial charge in [0, 0.05) is 26.2 Å². The van der Waals surface area contributed by atoms with Gasteiger partial charge in [0.05, 0.1) is 6.10 Å². The van der Waals surface area contributed by atoms with Crippen LogP contribution in [-0.2, 0) is 6.42 Å². The second kappa shape index (κ2) is 5.62. The lowest BCUT2D eigenvalue weighted by Gasteiger charge is -2.12. The summed E-state index contributed by atoms with van der Waals surface area (Å²) < 4.78 is 0. The Morgan fingerprint density at radius 3 is 2.56 bits per heavy atom. The third-order valence-electron chi connectivity index (χ3n) is 2.86. The molecule has 96 valence electrons. The molecule has 0 amide bonds. The minimum atomic E-state index is -0.536. The molecule has 1 nitrogen and oxygen atoms in total. The fourth-order valence-electron chi connectivity index (χ4n) is 2.00. The molecule has 0 aliphatic carbocycles. The van der Waals surface area contributed by atoms with Crippen molar-refractivity contribution in [2.45, 2.75) is 26.4 Å². The van der Waals surface area contributed by atoms with Crippen molar-refractivity contribution in [1.82, 2.24) is 0 Å². The summed E-state index contributed by atoms with van der Waals surface area (Å²) in [6.07, 6.45) is -0.0536. The van der Waals surface area contributed by atoms with Gasteiger partial charge in [-0.25, -0.2) is 0 Å². The van der Waals surface area contributed by atoms with Gasteiger partial charge in [-0.1, -0.05) is 23.2 Å². The van der Waals surface area contributed by atoms with E-state index in [0.29, 0.717) is 16.5 Å². The lowest BCUT2D eigenvalue weighted by Crippen LogP contribution is -2.02. The number of thiophene rings is 1. The molecule has 1 aromatic carbocycles. The van der Waals surface area contributed by atoms with Crippen molar-refractivity contribution in [2.75, 3.05) is 0 Å². The highest BCUT2D eigenvalue weighted by Gasteiger charge is 2.15. The Bertz CT molecular complexity index is 563. The van der Waals surface area contributed by atoms with Crippen molar-refractivity contribution >= 4 is 34.5 Å². The smallest absolute Gasteiger partial charge is 0.0841 e. The molecule has 0 saturated carbocycles. The molecule has 0 fully saturated rings. The molecule has 4 heteroatoms. The van der Waals surface area contributed by atoms with E-state index in [1.807, 2.05) is 26.0 Å². The van der Waals surface area contributed by atoms with Gasteiger partial charge in [0.15, 0.2) is 0 Å². The lowest BCUT2D eigenvalue weighted by atomic mass is 10.0. The van der Waals surface area contributed by atoms with Gasteiger partial charge in [-0.05, 0) is 49.2 Å². The number of aliphatic hydroxyl groups is 1. The molecule has 1 unspecified atom stereocenters. The Labute approximate surface area is 121 Å². The van der Waals surface area contributed by atoms with Gasteiger partial charge in [0.2, 0.25) is 0 Å². The Balaban J connectivity index is 2.23. The summed E-state index contributed by atoms with van der Waals surface area (Å²) >= 11 is 13.7. The highest BCUT2D eigenvalue weighted by molar-refractivity contribution is 7.12. The van der Waals surface area contributed by atoms with Crippen molar-refractivity contribution < 1.29 is 5.11 Å². The molecular weight excluding hydrogens is 287 g/mol. The third-order valence-corrected chi connectivity index (χ3v) is 4.44. The number of halogens is 2. The zero-order valence-electron chi connectivity index (χ0n) is 10.2. The minimum Gasteiger partial charge on any atom is -0.388 e. The van der Waals surface area contributed by atoms with E-state index in [1.165, 1.54) is 4.88 Å². The standard InChI is InChI=1S/C14H14Cl2OS/c1-8-5-12(9(2)18-8)14(17)7-10-6-11(15)3-4-13(10)16/h3-6,14,17H,7H2,1-2H3. The largest absolute Gasteiger partial charge is 0.388 e. The SMILES string of the molecule is Cc1cc(C(O)Cc2cc(Cl)ccc2Cl)c(C)s1. The topological polar surface area (TPSA) is 20.2 Å². The highest BCUT2D eigenvalue weighted by Crippen LogP contribution is 2.31. The van der Waals surface area contributed by atoms with E-state index < -0.39 is 6.10 Å². The molecule has 1 atom stereocenters. The maximum Gasteiger partial charge on any atom is 0.0841 e. The van der Waals surface area contributed by atoms with Crippen molar-refractivity contribution in [3.05, 3.63) is 55.2 Å². The fourth-order valence-corrected chi connectivity index (χ4v) is 3.37. The number of aryl methyl sites for hydroxylation is 2. The molecule has 1 aromatic heterocycles. The first kappa shape index (κ1) is 13.9. The van der Waals surface area contributed by atoms with Crippen LogP contribution in [0.25, 0.3) is 0 Å². The second-order valence-corrected chi connectivity index (χ2v) is 6.63. The number of benzene rings is 1. The van der Waals surface area contributed by atoms with Crippen LogP contribution in [-0.4, -0.2) is 5.11 Å². The summed E-state index contributed by atoms with van der Waals surface area (Å²) in [5.41, 5.74) is 1.86. The first-order chi connectivity index (χ1) is 8.47. The van der Waals surface area contributed by atoms with Crippen molar-refractivity contribution in [3.8, 4) is 0 Å². The maximum atomic E-state index is 10.3. The molecule has 1 heterocycles. The summed E-state index contributed by atoms with van der Waals surface area (Å²) in [5.74, 6) is 0. The van der Waals surface area contributed by atoms with Crippen LogP contribution in [0.4, 0.5) is 0 Å². The zero-order valence-corrected chi connectivity index (χ0v) is 12.5. The molecule has 2 rings (SSSR count). The highest BCUT2D eigenvalue weighted by atomic mass is 35.5. The van der Waals surface area contributed by atoms with Crippen molar-refractivity contribution in [2.24, 2.45) is 0 Å². The van der Waals surface area contributed by atoms with E-state index in [2.05, 4.69) is 0 Å². The Morgan fingerprint density at radius 2 is 1.94 bits per heavy atom. The van der Waals surface area contributed by atoms with E-state index in [0.717, 1.165) is 16.0 Å². The average Bonchev–Trinajstić information content (AvgIpc) is 2.63. The van der Waals surface area contributed by atoms with Crippen molar-refractivity contribution in [1.29, 1.82) is 0 Å². The van der Waals surface area contributed by atoms with Gasteiger partial charge in [0.25, 0.3) is 0 Å². The molecule has 0 aliphatic heterocycles. The summed E-state index contributed by atoms with van der Waals surface area (Å²) in [7, 11) is 0. The van der Waals surface area contributed by atoms with Crippen LogP contribution >= 0.6 is 34.5 Å². The van der Waals surface area contributed by atoms with E-state index in [9.17, 15) is 5.11 Å². The summed E-state index contributed by atoms with van der Waals surface area (Å²) in [4.78, 5) is 2.36. The van der Waals surface area contributed by atoms with Crippen LogP contribution in [0.2, 0.25) is 10.0 Å². The number of aliphatic hydroxyl groups excluding tert-OH is 1. The van der Waals surface area contributed by atoms with E-state index in [1.54, 1.807) is 23.5 Å². The van der Waals surface area contributed by atoms with Gasteiger partial charge in [-0.15, -0.1) is 11.3 Å². The Hall–Kier alpha value is -0.540. The minimum absolute atomic E-state index is 0.483. The molecule has 18 heavy (non-hydrogen) atoms. The predicted octanol–water partition coefficient (Wildman–Crippen LogP) is 4.95. The van der Waals surface area contributed by atoms with Crippen LogP contribution < -0.4 is 0 Å². The van der Waals surface area contributed by atoms with E-state index in [4.69, 9.17) is 23.2 Å². The second-order valence-electron chi connectivity index (χ2n) is 4.32. The lowest BCUT2D eigenvalue weighted by molar-refractivity contribution is 0.178. The van der Waals surface area contributed by atoms with E-state index >= 15 is 0 Å². The number of hydrogen-bond donors (Lipinski definition) is 1. The molecule has 0 spiro atoms. The molecular formula is C14H14Cl2OS. The third kappa shape index (κ3) is 3.07. The Kier molecular flexibility index (Phi) is 4.33. The number of hydrogen-bond acceptors (Lipinski definition) is 2. The first-order valence-electron chi connectivity index (χ1n) is 5.66. The predicted molar refractivity (Wildman–Crippen MR) is 78.9 cm³/mol. The van der Waals surface area contributed by atoms with Crippen LogP contribution in [0.1, 0.15) is 27.0 Å². The van der Waals surface area contributed by atoms with Gasteiger partial charge in [-0.2, -0.15) is 0 Å². The zero-order chi connectivity index (χ0) is 13.3. The Morgan fingerprint density at radius 1 is 1.22 bits per heavy atom. The number of rotatable bonds is 3. The molecule has 1 N–H and O–H groups in total. The summed E-state index contributed by atoms with van der Waals surface area (Å²) in [6.45, 7) is 4.07. The van der Waals surface area contributed by atoms with Gasteiger partial charge < -0.3 is 5.11 Å². The molecule has 0 saturated heterocycles.